The van der Waals surface area contributed by atoms with Crippen LogP contribution >= 0.6 is 11.6 Å². The van der Waals surface area contributed by atoms with E-state index in [-0.39, 0.29) is 11.9 Å². The number of hydrogen-bond donors (Lipinski definition) is 1. The normalized spacial score (nSPS) is 12.2. The Hall–Kier alpha value is -1.58. The van der Waals surface area contributed by atoms with E-state index in [9.17, 15) is 4.39 Å². The molecule has 0 aliphatic heterocycles. The third-order valence-corrected chi connectivity index (χ3v) is 3.59. The van der Waals surface area contributed by atoms with Crippen molar-refractivity contribution in [1.29, 1.82) is 0 Å². The Morgan fingerprint density at radius 1 is 1.25 bits per heavy atom. The van der Waals surface area contributed by atoms with Crippen LogP contribution in [0.4, 0.5) is 4.39 Å². The summed E-state index contributed by atoms with van der Waals surface area (Å²) in [5.74, 6) is 0.517. The first kappa shape index (κ1) is 14.8. The zero-order chi connectivity index (χ0) is 14.5. The smallest absolute Gasteiger partial charge is 0.129 e. The molecule has 2 rings (SSSR count). The fourth-order valence-corrected chi connectivity index (χ4v) is 2.21. The van der Waals surface area contributed by atoms with E-state index in [4.69, 9.17) is 16.3 Å². The molecule has 0 saturated heterocycles. The van der Waals surface area contributed by atoms with Gasteiger partial charge in [0.15, 0.2) is 0 Å². The van der Waals surface area contributed by atoms with E-state index >= 15 is 0 Å². The standard InChI is InChI=1S/C16H17ClFNO/c1-11(12-5-3-6-13(9-12)20-2)19-10-14-15(17)7-4-8-16(14)18/h3-9,11,19H,10H2,1-2H3/t11-/m0/s1. The number of methoxy groups -OCH3 is 1. The lowest BCUT2D eigenvalue weighted by Crippen LogP contribution is -2.19. The van der Waals surface area contributed by atoms with Gasteiger partial charge in [0, 0.05) is 23.2 Å². The van der Waals surface area contributed by atoms with Gasteiger partial charge >= 0.3 is 0 Å². The summed E-state index contributed by atoms with van der Waals surface area (Å²) in [5, 5.41) is 3.71. The lowest BCUT2D eigenvalue weighted by atomic mass is 10.1. The molecule has 0 saturated carbocycles. The average Bonchev–Trinajstić information content (AvgIpc) is 2.46. The minimum absolute atomic E-state index is 0.0702. The van der Waals surface area contributed by atoms with E-state index in [2.05, 4.69) is 5.32 Å². The van der Waals surface area contributed by atoms with E-state index in [1.807, 2.05) is 31.2 Å². The average molecular weight is 294 g/mol. The van der Waals surface area contributed by atoms with E-state index in [1.165, 1.54) is 6.07 Å². The molecule has 0 heterocycles. The van der Waals surface area contributed by atoms with Gasteiger partial charge in [-0.25, -0.2) is 4.39 Å². The zero-order valence-electron chi connectivity index (χ0n) is 11.5. The monoisotopic (exact) mass is 293 g/mol. The lowest BCUT2D eigenvalue weighted by Gasteiger charge is -2.16. The number of ether oxygens (including phenoxy) is 1. The summed E-state index contributed by atoms with van der Waals surface area (Å²) in [4.78, 5) is 0. The van der Waals surface area contributed by atoms with Crippen molar-refractivity contribution in [3.63, 3.8) is 0 Å². The minimum atomic E-state index is -0.289. The molecule has 0 fully saturated rings. The highest BCUT2D eigenvalue weighted by molar-refractivity contribution is 6.31. The predicted molar refractivity (Wildman–Crippen MR) is 79.7 cm³/mol. The van der Waals surface area contributed by atoms with Crippen LogP contribution in [-0.4, -0.2) is 7.11 Å². The second kappa shape index (κ2) is 6.73. The topological polar surface area (TPSA) is 21.3 Å². The molecule has 1 atom stereocenters. The quantitative estimate of drug-likeness (QED) is 0.885. The third kappa shape index (κ3) is 3.50. The number of halogens is 2. The van der Waals surface area contributed by atoms with Crippen molar-refractivity contribution in [2.45, 2.75) is 19.5 Å². The zero-order valence-corrected chi connectivity index (χ0v) is 12.2. The van der Waals surface area contributed by atoms with Gasteiger partial charge in [-0.05, 0) is 36.8 Å². The Morgan fingerprint density at radius 2 is 2.00 bits per heavy atom. The van der Waals surface area contributed by atoms with E-state index in [0.29, 0.717) is 17.1 Å². The summed E-state index contributed by atoms with van der Waals surface area (Å²) >= 11 is 6.01. The molecular weight excluding hydrogens is 277 g/mol. The number of rotatable bonds is 5. The molecule has 0 spiro atoms. The first-order valence-electron chi connectivity index (χ1n) is 6.42. The van der Waals surface area contributed by atoms with Gasteiger partial charge in [0.25, 0.3) is 0 Å². The largest absolute Gasteiger partial charge is 0.497 e. The highest BCUT2D eigenvalue weighted by Crippen LogP contribution is 2.22. The van der Waals surface area contributed by atoms with Crippen molar-refractivity contribution < 1.29 is 9.13 Å². The van der Waals surface area contributed by atoms with Crippen molar-refractivity contribution in [3.8, 4) is 5.75 Å². The molecule has 0 radical (unpaired) electrons. The molecule has 0 aliphatic carbocycles. The van der Waals surface area contributed by atoms with Crippen LogP contribution in [0.15, 0.2) is 42.5 Å². The maximum absolute atomic E-state index is 13.7. The Balaban J connectivity index is 2.06. The van der Waals surface area contributed by atoms with Crippen LogP contribution in [0.2, 0.25) is 5.02 Å². The van der Waals surface area contributed by atoms with Crippen LogP contribution < -0.4 is 10.1 Å². The van der Waals surface area contributed by atoms with Gasteiger partial charge in [-0.2, -0.15) is 0 Å². The van der Waals surface area contributed by atoms with Gasteiger partial charge in [-0.15, -0.1) is 0 Å². The highest BCUT2D eigenvalue weighted by Gasteiger charge is 2.10. The van der Waals surface area contributed by atoms with Crippen LogP contribution in [0.3, 0.4) is 0 Å². The summed E-state index contributed by atoms with van der Waals surface area (Å²) in [6, 6.07) is 12.6. The fourth-order valence-electron chi connectivity index (χ4n) is 1.99. The van der Waals surface area contributed by atoms with Gasteiger partial charge in [-0.1, -0.05) is 29.8 Å². The maximum atomic E-state index is 13.7. The van der Waals surface area contributed by atoms with Crippen LogP contribution in [-0.2, 0) is 6.54 Å². The SMILES string of the molecule is COc1cccc([C@H](C)NCc2c(F)cccc2Cl)c1. The molecule has 2 nitrogen and oxygen atoms in total. The molecule has 0 aliphatic rings. The summed E-state index contributed by atoms with van der Waals surface area (Å²) in [6.45, 7) is 2.40. The van der Waals surface area contributed by atoms with Crippen molar-refractivity contribution in [2.24, 2.45) is 0 Å². The molecular formula is C16H17ClFNO. The molecule has 0 bridgehead atoms. The number of nitrogens with one attached hydrogen (secondary N) is 1. The Bertz CT molecular complexity index is 568. The Kier molecular flexibility index (Phi) is 4.99. The second-order valence-corrected chi connectivity index (χ2v) is 4.99. The first-order chi connectivity index (χ1) is 9.61. The number of benzene rings is 2. The highest BCUT2D eigenvalue weighted by atomic mass is 35.5. The number of hydrogen-bond acceptors (Lipinski definition) is 2. The van der Waals surface area contributed by atoms with E-state index in [0.717, 1.165) is 11.3 Å². The Labute approximate surface area is 123 Å². The lowest BCUT2D eigenvalue weighted by molar-refractivity contribution is 0.413. The summed E-state index contributed by atoms with van der Waals surface area (Å²) < 4.78 is 18.9. The molecule has 106 valence electrons. The second-order valence-electron chi connectivity index (χ2n) is 4.58. The Morgan fingerprint density at radius 3 is 2.70 bits per heavy atom. The van der Waals surface area contributed by atoms with Crippen LogP contribution in [0, 0.1) is 5.82 Å². The van der Waals surface area contributed by atoms with Gasteiger partial charge in [0.05, 0.1) is 7.11 Å². The molecule has 4 heteroatoms. The van der Waals surface area contributed by atoms with Gasteiger partial charge < -0.3 is 10.1 Å². The molecule has 2 aromatic rings. The predicted octanol–water partition coefficient (Wildman–Crippen LogP) is 4.34. The van der Waals surface area contributed by atoms with Crippen LogP contribution in [0.1, 0.15) is 24.1 Å². The van der Waals surface area contributed by atoms with Crippen molar-refractivity contribution in [1.82, 2.24) is 5.32 Å². The van der Waals surface area contributed by atoms with Crippen molar-refractivity contribution in [2.75, 3.05) is 7.11 Å². The third-order valence-electron chi connectivity index (χ3n) is 3.24. The van der Waals surface area contributed by atoms with Crippen LogP contribution in [0.5, 0.6) is 5.75 Å². The van der Waals surface area contributed by atoms with Gasteiger partial charge in [0.1, 0.15) is 11.6 Å². The fraction of sp³-hybridized carbons (Fsp3) is 0.250. The molecule has 20 heavy (non-hydrogen) atoms. The van der Waals surface area contributed by atoms with Crippen molar-refractivity contribution >= 4 is 11.6 Å². The molecule has 1 N–H and O–H groups in total. The van der Waals surface area contributed by atoms with Gasteiger partial charge in [0.2, 0.25) is 0 Å². The first-order valence-corrected chi connectivity index (χ1v) is 6.80. The van der Waals surface area contributed by atoms with Crippen molar-refractivity contribution in [3.05, 3.63) is 64.4 Å². The van der Waals surface area contributed by atoms with Gasteiger partial charge in [-0.3, -0.25) is 0 Å². The summed E-state index contributed by atoms with van der Waals surface area (Å²) in [7, 11) is 1.64. The molecule has 0 amide bonds. The van der Waals surface area contributed by atoms with E-state index < -0.39 is 0 Å². The molecule has 2 aromatic carbocycles. The summed E-state index contributed by atoms with van der Waals surface area (Å²) in [5.41, 5.74) is 1.57. The van der Waals surface area contributed by atoms with E-state index in [1.54, 1.807) is 19.2 Å². The molecule has 0 aromatic heterocycles. The summed E-state index contributed by atoms with van der Waals surface area (Å²) in [6.07, 6.45) is 0. The maximum Gasteiger partial charge on any atom is 0.129 e. The minimum Gasteiger partial charge on any atom is -0.497 e. The van der Waals surface area contributed by atoms with Crippen LogP contribution in [0.25, 0.3) is 0 Å². The molecule has 0 unspecified atom stereocenters.